The summed E-state index contributed by atoms with van der Waals surface area (Å²) in [5, 5.41) is 5.82. The Morgan fingerprint density at radius 1 is 1.07 bits per heavy atom. The first-order valence-corrected chi connectivity index (χ1v) is 20.9. The maximum Gasteiger partial charge on any atom is 0.425 e. The van der Waals surface area contributed by atoms with E-state index in [1.54, 1.807) is 31.2 Å². The second-order valence-corrected chi connectivity index (χ2v) is 18.1. The Labute approximate surface area is 329 Å². The van der Waals surface area contributed by atoms with Crippen molar-refractivity contribution in [2.45, 2.75) is 127 Å². The van der Waals surface area contributed by atoms with Crippen LogP contribution in [0.4, 0.5) is 18.0 Å². The van der Waals surface area contributed by atoms with Gasteiger partial charge in [-0.2, -0.15) is 13.2 Å². The number of sulfonamides is 1. The molecule has 2 aromatic rings. The Morgan fingerprint density at radius 2 is 1.81 bits per heavy atom. The molecule has 2 saturated carbocycles. The molecule has 0 spiro atoms. The van der Waals surface area contributed by atoms with Crippen LogP contribution in [0.5, 0.6) is 11.6 Å². The summed E-state index contributed by atoms with van der Waals surface area (Å²) in [6, 6.07) is 4.42. The fourth-order valence-electron chi connectivity index (χ4n) is 7.61. The fourth-order valence-corrected chi connectivity index (χ4v) is 8.98. The van der Waals surface area contributed by atoms with Gasteiger partial charge in [-0.3, -0.25) is 19.1 Å². The maximum atomic E-state index is 14.7. The number of hydrogen-bond acceptors (Lipinski definition) is 10. The molecule has 8 atom stereocenters. The molecule has 3 fully saturated rings. The number of hydrogen-bond donors (Lipinski definition) is 3. The lowest BCUT2D eigenvalue weighted by Crippen LogP contribution is -2.59. The summed E-state index contributed by atoms with van der Waals surface area (Å²) < 4.78 is 84.7. The first-order chi connectivity index (χ1) is 26.8. The molecule has 4 amide bonds. The summed E-state index contributed by atoms with van der Waals surface area (Å²) in [6.07, 6.45) is -2.10. The average molecular weight is 822 g/mol. The van der Waals surface area contributed by atoms with E-state index in [1.165, 1.54) is 11.1 Å². The van der Waals surface area contributed by atoms with Crippen molar-refractivity contribution < 1.29 is 55.0 Å². The predicted octanol–water partition coefficient (Wildman–Crippen LogP) is 4.91. The molecular formula is C39H50F3N5O9S. The van der Waals surface area contributed by atoms with Crippen molar-refractivity contribution in [3.05, 3.63) is 42.6 Å². The van der Waals surface area contributed by atoms with Crippen LogP contribution in [0, 0.1) is 17.8 Å². The first-order valence-electron chi connectivity index (χ1n) is 19.4. The van der Waals surface area contributed by atoms with E-state index < -0.39 is 86.9 Å². The van der Waals surface area contributed by atoms with Gasteiger partial charge < -0.3 is 29.7 Å². The molecule has 6 rings (SSSR count). The molecule has 3 N–H and O–H groups in total. The van der Waals surface area contributed by atoms with Gasteiger partial charge in [0.25, 0.3) is 5.91 Å². The number of halogens is 3. The number of rotatable bonds is 9. The van der Waals surface area contributed by atoms with Gasteiger partial charge >= 0.3 is 12.3 Å². The summed E-state index contributed by atoms with van der Waals surface area (Å²) in [5.41, 5.74) is -1.62. The van der Waals surface area contributed by atoms with Crippen LogP contribution in [0.25, 0.3) is 10.8 Å². The molecule has 4 aliphatic rings. The van der Waals surface area contributed by atoms with Crippen LogP contribution in [0.15, 0.2) is 42.6 Å². The van der Waals surface area contributed by atoms with Crippen molar-refractivity contribution in [3.63, 3.8) is 0 Å². The van der Waals surface area contributed by atoms with Crippen molar-refractivity contribution in [1.29, 1.82) is 0 Å². The highest BCUT2D eigenvalue weighted by atomic mass is 32.2. The van der Waals surface area contributed by atoms with E-state index in [9.17, 15) is 40.8 Å². The Balaban J connectivity index is 1.33. The molecule has 3 heterocycles. The number of nitrogens with zero attached hydrogens (tertiary/aromatic N) is 2. The molecule has 1 unspecified atom stereocenters. The Morgan fingerprint density at radius 3 is 2.49 bits per heavy atom. The molecule has 0 bridgehead atoms. The molecule has 57 heavy (non-hydrogen) atoms. The van der Waals surface area contributed by atoms with Crippen LogP contribution < -0.4 is 24.8 Å². The van der Waals surface area contributed by atoms with E-state index in [4.69, 9.17) is 9.47 Å². The fraction of sp³-hybridized carbons (Fsp3) is 0.615. The zero-order chi connectivity index (χ0) is 41.4. The highest BCUT2D eigenvalue weighted by Gasteiger charge is 2.62. The largest absolute Gasteiger partial charge is 0.491 e. The summed E-state index contributed by atoms with van der Waals surface area (Å²) in [7, 11) is -3.97. The number of pyridine rings is 1. The predicted molar refractivity (Wildman–Crippen MR) is 201 cm³/mol. The molecule has 18 heteroatoms. The molecule has 1 saturated heterocycles. The van der Waals surface area contributed by atoms with Crippen LogP contribution in [0.3, 0.4) is 0 Å². The number of aromatic nitrogens is 1. The Kier molecular flexibility index (Phi) is 12.0. The molecule has 1 aromatic heterocycles. The second kappa shape index (κ2) is 16.3. The number of alkyl halides is 3. The molecule has 1 aromatic carbocycles. The number of alkyl carbamates (subject to hydrolysis) is 1. The maximum absolute atomic E-state index is 14.7. The molecule has 0 radical (unpaired) electrons. The van der Waals surface area contributed by atoms with Crippen molar-refractivity contribution >= 4 is 44.6 Å². The second-order valence-electron chi connectivity index (χ2n) is 16.1. The van der Waals surface area contributed by atoms with Crippen molar-refractivity contribution in [1.82, 2.24) is 25.2 Å². The smallest absolute Gasteiger partial charge is 0.425 e. The van der Waals surface area contributed by atoms with Crippen molar-refractivity contribution in [2.24, 2.45) is 17.8 Å². The Bertz CT molecular complexity index is 2010. The number of carbonyl (C=O) groups excluding carboxylic acids is 4. The van der Waals surface area contributed by atoms with Crippen LogP contribution in [-0.4, -0.2) is 96.0 Å². The van der Waals surface area contributed by atoms with E-state index in [-0.39, 0.29) is 37.3 Å². The van der Waals surface area contributed by atoms with E-state index in [1.807, 2.05) is 32.9 Å². The number of allylic oxidation sites excluding steroid dienone is 1. The van der Waals surface area contributed by atoms with Crippen LogP contribution >= 0.6 is 0 Å². The van der Waals surface area contributed by atoms with Gasteiger partial charge in [-0.05, 0) is 101 Å². The molecule has 2 aliphatic carbocycles. The van der Waals surface area contributed by atoms with E-state index in [0.717, 1.165) is 5.39 Å². The molecule has 14 nitrogen and oxygen atoms in total. The number of amides is 4. The highest BCUT2D eigenvalue weighted by molar-refractivity contribution is 7.91. The zero-order valence-electron chi connectivity index (χ0n) is 32.5. The van der Waals surface area contributed by atoms with Gasteiger partial charge in [-0.15, -0.1) is 0 Å². The normalized spacial score (nSPS) is 29.5. The van der Waals surface area contributed by atoms with Crippen molar-refractivity contribution in [3.8, 4) is 11.6 Å². The SMILES string of the molecule is CC(C)Oc1ccc2c(O[C@@H]3C[C@H]4C(=O)N[C@]5(C(=O)NS(=O)(=O)C6CC6)C[C@H]5/C=C\CC[C@@H](C)C[C@@H](C)C(NC(=O)O[C@H](C)C(F)(F)F)C(=O)N4C3)nccc2c1. The lowest BCUT2D eigenvalue weighted by molar-refractivity contribution is -0.197. The van der Waals surface area contributed by atoms with Crippen LogP contribution in [0.1, 0.15) is 79.6 Å². The van der Waals surface area contributed by atoms with Gasteiger partial charge in [0.15, 0.2) is 6.10 Å². The lowest BCUT2D eigenvalue weighted by Gasteiger charge is -2.33. The van der Waals surface area contributed by atoms with Crippen LogP contribution in [0.2, 0.25) is 0 Å². The van der Waals surface area contributed by atoms with E-state index in [2.05, 4.69) is 25.1 Å². The number of carbonyl (C=O) groups is 4. The Hall–Kier alpha value is -4.61. The van der Waals surface area contributed by atoms with Crippen molar-refractivity contribution in [2.75, 3.05) is 6.54 Å². The third-order valence-corrected chi connectivity index (χ3v) is 12.8. The topological polar surface area (TPSA) is 182 Å². The van der Waals surface area contributed by atoms with Gasteiger partial charge in [0, 0.05) is 23.9 Å². The quantitative estimate of drug-likeness (QED) is 0.294. The average Bonchev–Trinajstić information content (AvgIpc) is 4.05. The number of fused-ring (bicyclic) bond motifs is 3. The summed E-state index contributed by atoms with van der Waals surface area (Å²) in [4.78, 5) is 61.4. The number of ether oxygens (including phenoxy) is 3. The minimum absolute atomic E-state index is 0.0259. The van der Waals surface area contributed by atoms with E-state index in [0.29, 0.717) is 50.2 Å². The summed E-state index contributed by atoms with van der Waals surface area (Å²) >= 11 is 0. The minimum Gasteiger partial charge on any atom is -0.491 e. The summed E-state index contributed by atoms with van der Waals surface area (Å²) in [6.45, 7) is 7.90. The zero-order valence-corrected chi connectivity index (χ0v) is 33.3. The first kappa shape index (κ1) is 42.0. The standard InChI is InChI=1S/C39H50F3N5O9S/c1-21(2)54-27-10-13-30-25(17-27)14-15-43-34(30)56-28-18-31-33(48)45-38(36(50)46-57(52,53)29-11-12-29)19-26(38)9-7-6-8-22(3)16-23(4)32(35(49)47(31)20-28)44-37(51)55-24(5)39(40,41)42/h7,9-10,13-15,17,21-24,26,28-29,31-32H,6,8,11-12,16,18-20H2,1-5H3,(H,44,51)(H,45,48)(H,46,50)/b9-7-/t22-,23-,24-,26-,28-,31+,32?,38-/m1/s1. The number of benzene rings is 1. The van der Waals surface area contributed by atoms with Gasteiger partial charge in [-0.1, -0.05) is 26.0 Å². The van der Waals surface area contributed by atoms with Gasteiger partial charge in [0.2, 0.25) is 27.7 Å². The number of nitrogens with one attached hydrogen (secondary N) is 3. The minimum atomic E-state index is -4.85. The highest BCUT2D eigenvalue weighted by Crippen LogP contribution is 2.46. The monoisotopic (exact) mass is 821 g/mol. The molecule has 312 valence electrons. The van der Waals surface area contributed by atoms with E-state index >= 15 is 0 Å². The third-order valence-electron chi connectivity index (χ3n) is 11.0. The van der Waals surface area contributed by atoms with Gasteiger partial charge in [0.05, 0.1) is 17.9 Å². The van der Waals surface area contributed by atoms with Crippen LogP contribution in [-0.2, 0) is 29.1 Å². The lowest BCUT2D eigenvalue weighted by atomic mass is 9.88. The van der Waals surface area contributed by atoms with Gasteiger partial charge in [0.1, 0.15) is 29.5 Å². The third kappa shape index (κ3) is 9.75. The molecular weight excluding hydrogens is 772 g/mol. The molecule has 2 aliphatic heterocycles. The van der Waals surface area contributed by atoms with Gasteiger partial charge in [-0.25, -0.2) is 18.2 Å². The summed E-state index contributed by atoms with van der Waals surface area (Å²) in [5.74, 6) is -2.76.